The Bertz CT molecular complexity index is 1330. The summed E-state index contributed by atoms with van der Waals surface area (Å²) in [5.41, 5.74) is 1.85. The van der Waals surface area contributed by atoms with Crippen LogP contribution < -0.4 is 10.0 Å². The van der Waals surface area contributed by atoms with Crippen LogP contribution in [0.5, 0.6) is 0 Å². The molecule has 0 spiro atoms. The van der Waals surface area contributed by atoms with Crippen molar-refractivity contribution in [2.75, 3.05) is 24.4 Å². The third-order valence-corrected chi connectivity index (χ3v) is 8.72. The molecular weight excluding hydrogens is 575 g/mol. The number of rotatable bonds is 7. The number of carboxylic acid groups (broad SMARTS) is 1. The molecule has 1 saturated carbocycles. The number of amides is 2. The van der Waals surface area contributed by atoms with Crippen molar-refractivity contribution in [2.45, 2.75) is 62.9 Å². The summed E-state index contributed by atoms with van der Waals surface area (Å²) >= 11 is 0. The number of alkyl halides is 3. The van der Waals surface area contributed by atoms with Crippen LogP contribution in [-0.4, -0.2) is 62.0 Å². The molecule has 1 atom stereocenters. The molecule has 1 aliphatic heterocycles. The Balaban J connectivity index is 0.000000616. The first-order chi connectivity index (χ1) is 19.8. The zero-order valence-electron chi connectivity index (χ0n) is 23.3. The van der Waals surface area contributed by atoms with E-state index in [9.17, 15) is 31.2 Å². The molecule has 0 aromatic heterocycles. The van der Waals surface area contributed by atoms with Crippen molar-refractivity contribution in [3.63, 3.8) is 0 Å². The van der Waals surface area contributed by atoms with Gasteiger partial charge in [-0.3, -0.25) is 14.3 Å². The molecule has 42 heavy (non-hydrogen) atoms. The molecule has 1 aliphatic carbocycles. The van der Waals surface area contributed by atoms with E-state index in [1.165, 1.54) is 32.1 Å². The van der Waals surface area contributed by atoms with Gasteiger partial charge in [0.1, 0.15) is 0 Å². The molecule has 2 amide bonds. The number of carbonyl (C=O) groups excluding carboxylic acids is 2. The lowest BCUT2D eigenvalue weighted by Crippen LogP contribution is -2.46. The molecule has 3 N–H and O–H groups in total. The molecule has 2 fully saturated rings. The minimum absolute atomic E-state index is 0.0499. The minimum Gasteiger partial charge on any atom is -0.475 e. The summed E-state index contributed by atoms with van der Waals surface area (Å²) < 4.78 is 59.5. The van der Waals surface area contributed by atoms with E-state index in [1.54, 1.807) is 53.4 Å². The van der Waals surface area contributed by atoms with Crippen LogP contribution in [0.3, 0.4) is 0 Å². The Morgan fingerprint density at radius 1 is 0.929 bits per heavy atom. The van der Waals surface area contributed by atoms with Crippen LogP contribution in [0.15, 0.2) is 53.4 Å². The molecule has 1 saturated heterocycles. The molecule has 13 heteroatoms. The summed E-state index contributed by atoms with van der Waals surface area (Å²) in [6.07, 6.45) is 2.67. The van der Waals surface area contributed by atoms with E-state index >= 15 is 0 Å². The van der Waals surface area contributed by atoms with Gasteiger partial charge in [-0.1, -0.05) is 37.0 Å². The maximum atomic E-state index is 13.1. The van der Waals surface area contributed by atoms with Crippen LogP contribution in [0, 0.1) is 18.8 Å². The van der Waals surface area contributed by atoms with Crippen molar-refractivity contribution < 1.29 is 41.1 Å². The minimum atomic E-state index is -5.08. The summed E-state index contributed by atoms with van der Waals surface area (Å²) in [4.78, 5) is 36.6. The lowest BCUT2D eigenvalue weighted by molar-refractivity contribution is -0.192. The highest BCUT2D eigenvalue weighted by molar-refractivity contribution is 7.92. The first-order valence-corrected chi connectivity index (χ1v) is 15.3. The number of carbonyl (C=O) groups is 3. The molecule has 2 aromatic carbocycles. The first-order valence-electron chi connectivity index (χ1n) is 13.8. The molecule has 0 bridgehead atoms. The average Bonchev–Trinajstić information content (AvgIpc) is 2.96. The summed E-state index contributed by atoms with van der Waals surface area (Å²) in [6, 6.07) is 13.1. The third-order valence-electron chi connectivity index (χ3n) is 7.33. The number of carboxylic acids is 1. The first kappa shape index (κ1) is 32.9. The van der Waals surface area contributed by atoms with E-state index in [4.69, 9.17) is 9.90 Å². The molecule has 1 unspecified atom stereocenters. The van der Waals surface area contributed by atoms with Crippen LogP contribution in [0.2, 0.25) is 0 Å². The number of hydrogen-bond donors (Lipinski definition) is 3. The summed E-state index contributed by atoms with van der Waals surface area (Å²) in [5.74, 6) is -2.45. The average molecular weight is 612 g/mol. The van der Waals surface area contributed by atoms with Crippen molar-refractivity contribution in [1.29, 1.82) is 0 Å². The van der Waals surface area contributed by atoms with Crippen molar-refractivity contribution in [3.8, 4) is 0 Å². The van der Waals surface area contributed by atoms with E-state index in [0.29, 0.717) is 30.3 Å². The number of piperidine rings is 1. The standard InChI is InChI=1S/C27H35N3O4S.C2HF3O2/c1-20-9-15-25(16-10-20)35(33,34)29-24-13-11-22(12-14-24)27(32)30-17-5-8-23(19-30)26(31)28-18-21-6-3-2-4-7-21;3-2(4,5)1(6)7/h9-16,21,23,29H,2-8,17-19H2,1H3,(H,28,31);(H,6,7). The molecular formula is C29H36F3N3O6S. The number of likely N-dealkylation sites (tertiary alicyclic amines) is 1. The van der Waals surface area contributed by atoms with Crippen molar-refractivity contribution in [2.24, 2.45) is 11.8 Å². The fraction of sp³-hybridized carbons (Fsp3) is 0.483. The van der Waals surface area contributed by atoms with Crippen molar-refractivity contribution >= 4 is 33.5 Å². The van der Waals surface area contributed by atoms with Gasteiger partial charge in [-0.05, 0) is 74.9 Å². The zero-order chi connectivity index (χ0) is 30.9. The second kappa shape index (κ2) is 14.5. The van der Waals surface area contributed by atoms with E-state index in [0.717, 1.165) is 24.9 Å². The maximum absolute atomic E-state index is 13.1. The summed E-state index contributed by atoms with van der Waals surface area (Å²) in [6.45, 7) is 3.67. The number of anilines is 1. The normalized spacial score (nSPS) is 17.9. The van der Waals surface area contributed by atoms with Crippen molar-refractivity contribution in [3.05, 3.63) is 59.7 Å². The number of nitrogens with zero attached hydrogens (tertiary/aromatic N) is 1. The Morgan fingerprint density at radius 3 is 2.10 bits per heavy atom. The van der Waals surface area contributed by atoms with Gasteiger partial charge in [0.25, 0.3) is 15.9 Å². The highest BCUT2D eigenvalue weighted by atomic mass is 32.2. The van der Waals surface area contributed by atoms with E-state index in [1.807, 2.05) is 6.92 Å². The van der Waals surface area contributed by atoms with Crippen LogP contribution in [0.25, 0.3) is 0 Å². The van der Waals surface area contributed by atoms with Crippen LogP contribution in [0.1, 0.15) is 60.9 Å². The third kappa shape index (κ3) is 9.74. The smallest absolute Gasteiger partial charge is 0.475 e. The number of nitrogens with one attached hydrogen (secondary N) is 2. The Hall–Kier alpha value is -3.61. The van der Waals surface area contributed by atoms with Gasteiger partial charge in [0.15, 0.2) is 0 Å². The van der Waals surface area contributed by atoms with Gasteiger partial charge in [0.05, 0.1) is 10.8 Å². The fourth-order valence-electron chi connectivity index (χ4n) is 4.95. The number of aryl methyl sites for hydroxylation is 1. The quantitative estimate of drug-likeness (QED) is 0.405. The molecule has 4 rings (SSSR count). The summed E-state index contributed by atoms with van der Waals surface area (Å²) in [7, 11) is -3.70. The van der Waals surface area contributed by atoms with Gasteiger partial charge >= 0.3 is 12.1 Å². The molecule has 2 aliphatic rings. The number of halogens is 3. The topological polar surface area (TPSA) is 133 Å². The van der Waals surface area contributed by atoms with Crippen LogP contribution >= 0.6 is 0 Å². The monoisotopic (exact) mass is 611 g/mol. The molecule has 2 aromatic rings. The van der Waals surface area contributed by atoms with Crippen LogP contribution in [0.4, 0.5) is 18.9 Å². The number of aliphatic carboxylic acids is 1. The lowest BCUT2D eigenvalue weighted by atomic mass is 9.89. The maximum Gasteiger partial charge on any atom is 0.490 e. The Morgan fingerprint density at radius 2 is 1.52 bits per heavy atom. The van der Waals surface area contributed by atoms with Crippen LogP contribution in [-0.2, 0) is 19.6 Å². The second-order valence-corrected chi connectivity index (χ2v) is 12.3. The van der Waals surface area contributed by atoms with Gasteiger partial charge in [-0.15, -0.1) is 0 Å². The van der Waals surface area contributed by atoms with E-state index < -0.39 is 22.2 Å². The lowest BCUT2D eigenvalue weighted by Gasteiger charge is -2.32. The van der Waals surface area contributed by atoms with Gasteiger partial charge in [0, 0.05) is 30.9 Å². The molecule has 0 radical (unpaired) electrons. The SMILES string of the molecule is Cc1ccc(S(=O)(=O)Nc2ccc(C(=O)N3CCCC(C(=O)NCC4CCCCC4)C3)cc2)cc1.O=C(O)C(F)(F)F. The largest absolute Gasteiger partial charge is 0.490 e. The highest BCUT2D eigenvalue weighted by Crippen LogP contribution is 2.24. The van der Waals surface area contributed by atoms with E-state index in [-0.39, 0.29) is 22.6 Å². The Kier molecular flexibility index (Phi) is 11.4. The van der Waals surface area contributed by atoms with E-state index in [2.05, 4.69) is 10.0 Å². The van der Waals surface area contributed by atoms with Gasteiger partial charge in [0.2, 0.25) is 5.91 Å². The molecule has 1 heterocycles. The van der Waals surface area contributed by atoms with Gasteiger partial charge < -0.3 is 15.3 Å². The number of sulfonamides is 1. The highest BCUT2D eigenvalue weighted by Gasteiger charge is 2.38. The van der Waals surface area contributed by atoms with Gasteiger partial charge in [-0.2, -0.15) is 13.2 Å². The number of hydrogen-bond acceptors (Lipinski definition) is 5. The predicted molar refractivity (Wildman–Crippen MR) is 150 cm³/mol. The predicted octanol–water partition coefficient (Wildman–Crippen LogP) is 4.98. The van der Waals surface area contributed by atoms with Crippen molar-refractivity contribution in [1.82, 2.24) is 10.2 Å². The van der Waals surface area contributed by atoms with Gasteiger partial charge in [-0.25, -0.2) is 13.2 Å². The number of benzene rings is 2. The fourth-order valence-corrected chi connectivity index (χ4v) is 6.01. The zero-order valence-corrected chi connectivity index (χ0v) is 24.1. The molecule has 230 valence electrons. The second-order valence-electron chi connectivity index (χ2n) is 10.6. The summed E-state index contributed by atoms with van der Waals surface area (Å²) in [5, 5.41) is 10.2. The Labute approximate surface area is 243 Å². The molecule has 9 nitrogen and oxygen atoms in total.